The third-order valence-electron chi connectivity index (χ3n) is 4.96. The molecule has 0 aliphatic carbocycles. The number of nitrogens with one attached hydrogen (secondary N) is 2. The Labute approximate surface area is 178 Å². The molecule has 7 heteroatoms. The molecule has 0 saturated carbocycles. The highest BCUT2D eigenvalue weighted by atomic mass is 79.9. The number of hydrogen-bond donors (Lipinski definition) is 2. The molecule has 2 N–H and O–H groups in total. The van der Waals surface area contributed by atoms with Gasteiger partial charge in [-0.2, -0.15) is 0 Å². The molecule has 1 aliphatic rings. The van der Waals surface area contributed by atoms with Crippen LogP contribution in [-0.4, -0.2) is 30.9 Å². The van der Waals surface area contributed by atoms with Crippen molar-refractivity contribution in [1.29, 1.82) is 0 Å². The molecule has 0 bridgehead atoms. The first kappa shape index (κ1) is 21.3. The Morgan fingerprint density at radius 1 is 1.17 bits per heavy atom. The van der Waals surface area contributed by atoms with Crippen LogP contribution in [0.2, 0.25) is 0 Å². The lowest BCUT2D eigenvalue weighted by molar-refractivity contribution is -0.118. The van der Waals surface area contributed by atoms with E-state index in [4.69, 9.17) is 0 Å². The van der Waals surface area contributed by atoms with Crippen molar-refractivity contribution in [3.63, 3.8) is 0 Å². The van der Waals surface area contributed by atoms with Gasteiger partial charge in [0.25, 0.3) is 5.91 Å². The Bertz CT molecular complexity index is 884. The lowest BCUT2D eigenvalue weighted by atomic mass is 10.1. The summed E-state index contributed by atoms with van der Waals surface area (Å²) in [6, 6.07) is 10.9. The quantitative estimate of drug-likeness (QED) is 0.626. The minimum absolute atomic E-state index is 0.162. The zero-order valence-electron chi connectivity index (χ0n) is 16.4. The Hall–Kier alpha value is -2.41. The maximum Gasteiger partial charge on any atom is 0.253 e. The summed E-state index contributed by atoms with van der Waals surface area (Å²) in [7, 11) is 0. The fourth-order valence-electron chi connectivity index (χ4n) is 3.45. The second-order valence-electron chi connectivity index (χ2n) is 7.17. The first-order valence-electron chi connectivity index (χ1n) is 9.89. The highest BCUT2D eigenvalue weighted by molar-refractivity contribution is 9.10. The van der Waals surface area contributed by atoms with E-state index in [0.717, 1.165) is 31.3 Å². The van der Waals surface area contributed by atoms with E-state index in [9.17, 15) is 14.0 Å². The summed E-state index contributed by atoms with van der Waals surface area (Å²) in [4.78, 5) is 27.7. The molecule has 1 unspecified atom stereocenters. The Balaban J connectivity index is 1.70. The zero-order valence-corrected chi connectivity index (χ0v) is 18.0. The molecule has 2 amide bonds. The summed E-state index contributed by atoms with van der Waals surface area (Å²) in [5.41, 5.74) is 1.94. The van der Waals surface area contributed by atoms with Crippen LogP contribution in [0.3, 0.4) is 0 Å². The van der Waals surface area contributed by atoms with Crippen LogP contribution in [0.4, 0.5) is 15.8 Å². The Kier molecular flexibility index (Phi) is 7.25. The SMILES string of the molecule is CCCC(NC(=O)c1cc(F)ccc1Br)C(=O)Nc1cccc(N2CCCC2)c1. The molecule has 154 valence electrons. The Morgan fingerprint density at radius 3 is 2.66 bits per heavy atom. The van der Waals surface area contributed by atoms with E-state index in [0.29, 0.717) is 16.6 Å². The molecule has 1 heterocycles. The van der Waals surface area contributed by atoms with E-state index < -0.39 is 17.8 Å². The molecule has 5 nitrogen and oxygen atoms in total. The number of carbonyl (C=O) groups is 2. The van der Waals surface area contributed by atoms with E-state index >= 15 is 0 Å². The molecule has 2 aromatic rings. The first-order chi connectivity index (χ1) is 14.0. The predicted molar refractivity (Wildman–Crippen MR) is 117 cm³/mol. The molecular weight excluding hydrogens is 437 g/mol. The van der Waals surface area contributed by atoms with Crippen LogP contribution in [0.5, 0.6) is 0 Å². The predicted octanol–water partition coefficient (Wildman–Crippen LogP) is 4.73. The van der Waals surface area contributed by atoms with Crippen molar-refractivity contribution in [2.24, 2.45) is 0 Å². The van der Waals surface area contributed by atoms with E-state index in [1.807, 2.05) is 31.2 Å². The summed E-state index contributed by atoms with van der Waals surface area (Å²) in [6.45, 7) is 3.99. The van der Waals surface area contributed by atoms with Crippen molar-refractivity contribution in [2.45, 2.75) is 38.6 Å². The molecule has 0 aromatic heterocycles. The van der Waals surface area contributed by atoms with Gasteiger partial charge in [0.15, 0.2) is 0 Å². The van der Waals surface area contributed by atoms with Gasteiger partial charge in [0, 0.05) is 28.9 Å². The third-order valence-corrected chi connectivity index (χ3v) is 5.65. The lowest BCUT2D eigenvalue weighted by Gasteiger charge is -2.20. The van der Waals surface area contributed by atoms with Crippen molar-refractivity contribution < 1.29 is 14.0 Å². The summed E-state index contributed by atoms with van der Waals surface area (Å²) < 4.78 is 14.0. The number of anilines is 2. The molecule has 1 fully saturated rings. The minimum Gasteiger partial charge on any atom is -0.371 e. The van der Waals surface area contributed by atoms with Gasteiger partial charge in [-0.05, 0) is 71.6 Å². The van der Waals surface area contributed by atoms with Crippen LogP contribution in [0.15, 0.2) is 46.9 Å². The van der Waals surface area contributed by atoms with Gasteiger partial charge in [0.1, 0.15) is 11.9 Å². The van der Waals surface area contributed by atoms with Gasteiger partial charge < -0.3 is 15.5 Å². The topological polar surface area (TPSA) is 61.4 Å². The van der Waals surface area contributed by atoms with Crippen molar-refractivity contribution >= 4 is 39.1 Å². The highest BCUT2D eigenvalue weighted by Gasteiger charge is 2.22. The number of carbonyl (C=O) groups excluding carboxylic acids is 2. The summed E-state index contributed by atoms with van der Waals surface area (Å²) in [5, 5.41) is 5.64. The average Bonchev–Trinajstić information content (AvgIpc) is 3.24. The van der Waals surface area contributed by atoms with Crippen LogP contribution < -0.4 is 15.5 Å². The molecule has 1 aliphatic heterocycles. The van der Waals surface area contributed by atoms with E-state index in [2.05, 4.69) is 31.5 Å². The molecule has 3 rings (SSSR count). The van der Waals surface area contributed by atoms with Gasteiger partial charge in [-0.3, -0.25) is 9.59 Å². The van der Waals surface area contributed by atoms with Crippen molar-refractivity contribution in [3.8, 4) is 0 Å². The molecule has 1 saturated heterocycles. The fraction of sp³-hybridized carbons (Fsp3) is 0.364. The van der Waals surface area contributed by atoms with E-state index in [1.54, 1.807) is 0 Å². The third kappa shape index (κ3) is 5.56. The summed E-state index contributed by atoms with van der Waals surface area (Å²) >= 11 is 3.26. The largest absolute Gasteiger partial charge is 0.371 e. The van der Waals surface area contributed by atoms with Crippen LogP contribution >= 0.6 is 15.9 Å². The van der Waals surface area contributed by atoms with Crippen LogP contribution in [0, 0.1) is 5.82 Å². The van der Waals surface area contributed by atoms with Gasteiger partial charge in [0.05, 0.1) is 5.56 Å². The summed E-state index contributed by atoms with van der Waals surface area (Å²) in [5.74, 6) is -1.28. The molecular formula is C22H25BrFN3O2. The molecule has 0 radical (unpaired) electrons. The normalized spacial score (nSPS) is 14.5. The molecule has 29 heavy (non-hydrogen) atoms. The highest BCUT2D eigenvalue weighted by Crippen LogP contribution is 2.24. The van der Waals surface area contributed by atoms with Crippen molar-refractivity contribution in [2.75, 3.05) is 23.3 Å². The van der Waals surface area contributed by atoms with E-state index in [-0.39, 0.29) is 11.5 Å². The maximum atomic E-state index is 13.5. The van der Waals surface area contributed by atoms with Crippen molar-refractivity contribution in [1.82, 2.24) is 5.32 Å². The van der Waals surface area contributed by atoms with Gasteiger partial charge in [-0.25, -0.2) is 4.39 Å². The smallest absolute Gasteiger partial charge is 0.253 e. The number of halogens is 2. The average molecular weight is 462 g/mol. The van der Waals surface area contributed by atoms with Crippen molar-refractivity contribution in [3.05, 3.63) is 58.3 Å². The number of nitrogens with zero attached hydrogens (tertiary/aromatic N) is 1. The molecule has 2 aromatic carbocycles. The van der Waals surface area contributed by atoms with Gasteiger partial charge >= 0.3 is 0 Å². The minimum atomic E-state index is -0.710. The number of amides is 2. The van der Waals surface area contributed by atoms with E-state index in [1.165, 1.54) is 25.0 Å². The van der Waals surface area contributed by atoms with Crippen LogP contribution in [0.1, 0.15) is 43.0 Å². The monoisotopic (exact) mass is 461 g/mol. The van der Waals surface area contributed by atoms with Gasteiger partial charge in [-0.15, -0.1) is 0 Å². The second-order valence-corrected chi connectivity index (χ2v) is 8.03. The second kappa shape index (κ2) is 9.87. The summed E-state index contributed by atoms with van der Waals surface area (Å²) in [6.07, 6.45) is 3.56. The maximum absolute atomic E-state index is 13.5. The standard InChI is InChI=1S/C22H25BrFN3O2/c1-2-6-20(26-21(28)18-13-15(24)9-10-19(18)23)22(29)25-16-7-5-8-17(14-16)27-11-3-4-12-27/h5,7-10,13-14,20H,2-4,6,11-12H2,1H3,(H,25,29)(H,26,28). The number of benzene rings is 2. The number of hydrogen-bond acceptors (Lipinski definition) is 3. The lowest BCUT2D eigenvalue weighted by Crippen LogP contribution is -2.43. The van der Waals surface area contributed by atoms with Crippen LogP contribution in [0.25, 0.3) is 0 Å². The first-order valence-corrected chi connectivity index (χ1v) is 10.7. The zero-order chi connectivity index (χ0) is 20.8. The Morgan fingerprint density at radius 2 is 1.93 bits per heavy atom. The van der Waals surface area contributed by atoms with Crippen LogP contribution in [-0.2, 0) is 4.79 Å². The van der Waals surface area contributed by atoms with Gasteiger partial charge in [0.2, 0.25) is 5.91 Å². The van der Waals surface area contributed by atoms with Gasteiger partial charge in [-0.1, -0.05) is 19.4 Å². The molecule has 0 spiro atoms. The molecule has 1 atom stereocenters. The number of rotatable bonds is 7. The fourth-order valence-corrected chi connectivity index (χ4v) is 3.88.